The van der Waals surface area contributed by atoms with E-state index in [4.69, 9.17) is 4.74 Å². The Balaban J connectivity index is 1.70. The lowest BCUT2D eigenvalue weighted by atomic mass is 10.0. The van der Waals surface area contributed by atoms with Crippen LogP contribution in [0.25, 0.3) is 0 Å². The third-order valence-corrected chi connectivity index (χ3v) is 4.22. The van der Waals surface area contributed by atoms with Gasteiger partial charge in [-0.15, -0.1) is 11.8 Å². The maximum absolute atomic E-state index is 5.68. The van der Waals surface area contributed by atoms with Crippen LogP contribution < -0.4 is 0 Å². The molecule has 2 aromatic carbocycles. The molecule has 2 heteroatoms. The number of ether oxygens (including phenoxy) is 1. The fourth-order valence-corrected chi connectivity index (χ4v) is 2.96. The summed E-state index contributed by atoms with van der Waals surface area (Å²) in [4.78, 5) is 1.30. The lowest BCUT2D eigenvalue weighted by Gasteiger charge is -2.11. The van der Waals surface area contributed by atoms with Crippen molar-refractivity contribution < 1.29 is 4.74 Å². The van der Waals surface area contributed by atoms with Crippen molar-refractivity contribution in [2.45, 2.75) is 10.5 Å². The second-order valence-electron chi connectivity index (χ2n) is 4.25. The molecule has 0 spiro atoms. The number of epoxide rings is 1. The monoisotopic (exact) mass is 242 g/mol. The zero-order valence-electron chi connectivity index (χ0n) is 9.50. The van der Waals surface area contributed by atoms with Gasteiger partial charge in [0.1, 0.15) is 5.60 Å². The molecule has 1 heterocycles. The smallest absolute Gasteiger partial charge is 0.126 e. The molecule has 0 saturated carbocycles. The van der Waals surface area contributed by atoms with Crippen molar-refractivity contribution in [1.82, 2.24) is 0 Å². The SMILES string of the molecule is c1ccc(SCC2(c3ccccc3)CO2)cc1. The van der Waals surface area contributed by atoms with Gasteiger partial charge in [-0.2, -0.15) is 0 Å². The molecule has 3 rings (SSSR count). The topological polar surface area (TPSA) is 12.5 Å². The van der Waals surface area contributed by atoms with Crippen molar-refractivity contribution in [3.8, 4) is 0 Å². The van der Waals surface area contributed by atoms with Crippen LogP contribution in [-0.2, 0) is 10.3 Å². The van der Waals surface area contributed by atoms with Crippen LogP contribution in [0, 0.1) is 0 Å². The summed E-state index contributed by atoms with van der Waals surface area (Å²) >= 11 is 1.86. The van der Waals surface area contributed by atoms with Crippen LogP contribution in [0.2, 0.25) is 0 Å². The van der Waals surface area contributed by atoms with Gasteiger partial charge in [0.05, 0.1) is 6.61 Å². The zero-order chi connectivity index (χ0) is 11.6. The highest BCUT2D eigenvalue weighted by Crippen LogP contribution is 2.42. The third kappa shape index (κ3) is 2.38. The summed E-state index contributed by atoms with van der Waals surface area (Å²) in [5.74, 6) is 0.987. The fraction of sp³-hybridized carbons (Fsp3) is 0.200. The van der Waals surface area contributed by atoms with Crippen molar-refractivity contribution in [1.29, 1.82) is 0 Å². The van der Waals surface area contributed by atoms with Crippen LogP contribution in [-0.4, -0.2) is 12.4 Å². The first-order chi connectivity index (χ1) is 8.39. The van der Waals surface area contributed by atoms with Crippen molar-refractivity contribution in [3.63, 3.8) is 0 Å². The van der Waals surface area contributed by atoms with Gasteiger partial charge in [0.25, 0.3) is 0 Å². The van der Waals surface area contributed by atoms with E-state index in [-0.39, 0.29) is 5.60 Å². The quantitative estimate of drug-likeness (QED) is 0.598. The van der Waals surface area contributed by atoms with E-state index in [1.54, 1.807) is 0 Å². The molecule has 0 aliphatic carbocycles. The Hall–Kier alpha value is -1.25. The molecule has 1 atom stereocenters. The van der Waals surface area contributed by atoms with Crippen molar-refractivity contribution >= 4 is 11.8 Å². The van der Waals surface area contributed by atoms with E-state index in [0.29, 0.717) is 0 Å². The lowest BCUT2D eigenvalue weighted by molar-refractivity contribution is 0.334. The molecule has 0 amide bonds. The van der Waals surface area contributed by atoms with E-state index >= 15 is 0 Å². The predicted molar refractivity (Wildman–Crippen MR) is 71.2 cm³/mol. The minimum absolute atomic E-state index is 0.0399. The minimum atomic E-state index is -0.0399. The normalized spacial score (nSPS) is 22.4. The molecule has 1 aliphatic rings. The molecule has 1 fully saturated rings. The highest BCUT2D eigenvalue weighted by molar-refractivity contribution is 7.99. The number of benzene rings is 2. The average Bonchev–Trinajstić information content (AvgIpc) is 3.20. The van der Waals surface area contributed by atoms with Crippen molar-refractivity contribution in [2.24, 2.45) is 0 Å². The van der Waals surface area contributed by atoms with Gasteiger partial charge in [0.2, 0.25) is 0 Å². The van der Waals surface area contributed by atoms with Crippen LogP contribution in [0.1, 0.15) is 5.56 Å². The summed E-state index contributed by atoms with van der Waals surface area (Å²) in [6, 6.07) is 21.0. The molecular weight excluding hydrogens is 228 g/mol. The van der Waals surface area contributed by atoms with Crippen LogP contribution in [0.4, 0.5) is 0 Å². The number of hydrogen-bond acceptors (Lipinski definition) is 2. The summed E-state index contributed by atoms with van der Waals surface area (Å²) in [6.45, 7) is 0.844. The minimum Gasteiger partial charge on any atom is -0.364 e. The maximum atomic E-state index is 5.68. The maximum Gasteiger partial charge on any atom is 0.126 e. The molecule has 0 bridgehead atoms. The molecule has 1 nitrogen and oxygen atoms in total. The average molecular weight is 242 g/mol. The summed E-state index contributed by atoms with van der Waals surface area (Å²) in [5.41, 5.74) is 1.25. The van der Waals surface area contributed by atoms with Gasteiger partial charge < -0.3 is 4.74 Å². The van der Waals surface area contributed by atoms with E-state index in [2.05, 4.69) is 48.5 Å². The van der Waals surface area contributed by atoms with Crippen LogP contribution in [0.3, 0.4) is 0 Å². The second kappa shape index (κ2) is 4.55. The van der Waals surface area contributed by atoms with Gasteiger partial charge >= 0.3 is 0 Å². The molecular formula is C15H14OS. The molecule has 1 unspecified atom stereocenters. The highest BCUT2D eigenvalue weighted by atomic mass is 32.2. The third-order valence-electron chi connectivity index (χ3n) is 3.01. The molecule has 0 aromatic heterocycles. The number of hydrogen-bond donors (Lipinski definition) is 0. The van der Waals surface area contributed by atoms with E-state index in [1.807, 2.05) is 23.9 Å². The molecule has 0 radical (unpaired) electrons. The Kier molecular flexibility index (Phi) is 2.91. The fourth-order valence-electron chi connectivity index (χ4n) is 1.88. The first-order valence-corrected chi connectivity index (χ1v) is 6.75. The first kappa shape index (κ1) is 10.9. The molecule has 2 aromatic rings. The van der Waals surface area contributed by atoms with Crippen LogP contribution >= 0.6 is 11.8 Å². The standard InChI is InChI=1S/C15H14OS/c1-3-7-13(8-4-1)15(11-16-15)12-17-14-9-5-2-6-10-14/h1-10H,11-12H2. The molecule has 0 N–H and O–H groups in total. The first-order valence-electron chi connectivity index (χ1n) is 5.76. The summed E-state index contributed by atoms with van der Waals surface area (Å²) in [7, 11) is 0. The Morgan fingerprint density at radius 3 is 2.12 bits per heavy atom. The van der Waals surface area contributed by atoms with Crippen LogP contribution in [0.5, 0.6) is 0 Å². The molecule has 1 saturated heterocycles. The van der Waals surface area contributed by atoms with Gasteiger partial charge in [-0.1, -0.05) is 48.5 Å². The highest BCUT2D eigenvalue weighted by Gasteiger charge is 2.46. The Bertz CT molecular complexity index is 477. The van der Waals surface area contributed by atoms with Gasteiger partial charge in [-0.25, -0.2) is 0 Å². The number of thioether (sulfide) groups is 1. The predicted octanol–water partition coefficient (Wildman–Crippen LogP) is 3.70. The summed E-state index contributed by atoms with van der Waals surface area (Å²) in [6.07, 6.45) is 0. The van der Waals surface area contributed by atoms with E-state index in [1.165, 1.54) is 10.5 Å². The Morgan fingerprint density at radius 1 is 0.941 bits per heavy atom. The van der Waals surface area contributed by atoms with Crippen molar-refractivity contribution in [3.05, 3.63) is 66.2 Å². The van der Waals surface area contributed by atoms with Gasteiger partial charge in [-0.3, -0.25) is 0 Å². The Morgan fingerprint density at radius 2 is 1.53 bits per heavy atom. The van der Waals surface area contributed by atoms with E-state index in [9.17, 15) is 0 Å². The van der Waals surface area contributed by atoms with Crippen LogP contribution in [0.15, 0.2) is 65.6 Å². The summed E-state index contributed by atoms with van der Waals surface area (Å²) < 4.78 is 5.68. The lowest BCUT2D eigenvalue weighted by Crippen LogP contribution is -2.11. The number of rotatable bonds is 4. The van der Waals surface area contributed by atoms with E-state index < -0.39 is 0 Å². The zero-order valence-corrected chi connectivity index (χ0v) is 10.3. The van der Waals surface area contributed by atoms with Crippen molar-refractivity contribution in [2.75, 3.05) is 12.4 Å². The molecule has 17 heavy (non-hydrogen) atoms. The molecule has 86 valence electrons. The van der Waals surface area contributed by atoms with Gasteiger partial charge in [-0.05, 0) is 17.7 Å². The van der Waals surface area contributed by atoms with Gasteiger partial charge in [0, 0.05) is 10.6 Å². The van der Waals surface area contributed by atoms with Gasteiger partial charge in [0.15, 0.2) is 0 Å². The second-order valence-corrected chi connectivity index (χ2v) is 5.30. The Labute approximate surface area is 106 Å². The molecule has 1 aliphatic heterocycles. The largest absolute Gasteiger partial charge is 0.364 e. The van der Waals surface area contributed by atoms with E-state index in [0.717, 1.165) is 12.4 Å². The summed E-state index contributed by atoms with van der Waals surface area (Å²) in [5, 5.41) is 0.